The lowest BCUT2D eigenvalue weighted by Gasteiger charge is -2.23. The quantitative estimate of drug-likeness (QED) is 0.836. The predicted octanol–water partition coefficient (Wildman–Crippen LogP) is 2.64. The van der Waals surface area contributed by atoms with Gasteiger partial charge >= 0.3 is 0 Å². The summed E-state index contributed by atoms with van der Waals surface area (Å²) in [4.78, 5) is 14.6. The summed E-state index contributed by atoms with van der Waals surface area (Å²) in [6, 6.07) is 7.50. The molecule has 0 atom stereocenters. The smallest absolute Gasteiger partial charge is 0.227 e. The van der Waals surface area contributed by atoms with Gasteiger partial charge in [-0.25, -0.2) is 0 Å². The highest BCUT2D eigenvalue weighted by Crippen LogP contribution is 2.17. The number of amides is 1. The van der Waals surface area contributed by atoms with Gasteiger partial charge in [0.25, 0.3) is 0 Å². The zero-order valence-corrected chi connectivity index (χ0v) is 15.2. The Bertz CT molecular complexity index is 712. The SMILES string of the molecule is Cc1nn(C)c(C)c1CC(=O)N(CCCO)Cc1cccc(Cl)c1. The Labute approximate surface area is 147 Å². The molecule has 1 aromatic carbocycles. The molecule has 1 aromatic heterocycles. The average molecular weight is 350 g/mol. The first-order valence-corrected chi connectivity index (χ1v) is 8.42. The first-order chi connectivity index (χ1) is 11.4. The van der Waals surface area contributed by atoms with Crippen molar-refractivity contribution in [1.82, 2.24) is 14.7 Å². The van der Waals surface area contributed by atoms with Gasteiger partial charge in [0, 0.05) is 43.0 Å². The molecule has 0 saturated carbocycles. The summed E-state index contributed by atoms with van der Waals surface area (Å²) in [6.07, 6.45) is 0.870. The molecule has 6 heteroatoms. The number of halogens is 1. The average Bonchev–Trinajstić information content (AvgIpc) is 2.77. The number of aryl methyl sites for hydroxylation is 2. The zero-order chi connectivity index (χ0) is 17.7. The van der Waals surface area contributed by atoms with Crippen LogP contribution in [0.15, 0.2) is 24.3 Å². The molecule has 24 heavy (non-hydrogen) atoms. The van der Waals surface area contributed by atoms with Crippen LogP contribution in [0.4, 0.5) is 0 Å². The van der Waals surface area contributed by atoms with E-state index >= 15 is 0 Å². The predicted molar refractivity (Wildman–Crippen MR) is 95.0 cm³/mol. The molecule has 1 heterocycles. The van der Waals surface area contributed by atoms with Crippen LogP contribution in [0.25, 0.3) is 0 Å². The van der Waals surface area contributed by atoms with Crippen LogP contribution < -0.4 is 0 Å². The van der Waals surface area contributed by atoms with Crippen molar-refractivity contribution in [2.75, 3.05) is 13.2 Å². The van der Waals surface area contributed by atoms with Crippen LogP contribution in [0.1, 0.15) is 28.9 Å². The largest absolute Gasteiger partial charge is 0.396 e. The minimum atomic E-state index is 0.0302. The first kappa shape index (κ1) is 18.5. The Morgan fingerprint density at radius 2 is 2.12 bits per heavy atom. The summed E-state index contributed by atoms with van der Waals surface area (Å²) >= 11 is 6.03. The van der Waals surface area contributed by atoms with Crippen molar-refractivity contribution in [3.8, 4) is 0 Å². The normalized spacial score (nSPS) is 10.9. The molecule has 2 aromatic rings. The number of aliphatic hydroxyl groups is 1. The van der Waals surface area contributed by atoms with Gasteiger partial charge in [0.2, 0.25) is 5.91 Å². The highest BCUT2D eigenvalue weighted by atomic mass is 35.5. The number of carbonyl (C=O) groups is 1. The van der Waals surface area contributed by atoms with E-state index in [1.807, 2.05) is 45.2 Å². The Morgan fingerprint density at radius 1 is 1.38 bits per heavy atom. The number of hydrogen-bond acceptors (Lipinski definition) is 3. The number of aromatic nitrogens is 2. The molecule has 2 rings (SSSR count). The van der Waals surface area contributed by atoms with Crippen molar-refractivity contribution in [2.45, 2.75) is 33.2 Å². The van der Waals surface area contributed by atoms with E-state index in [0.29, 0.717) is 31.0 Å². The molecular formula is C18H24ClN3O2. The summed E-state index contributed by atoms with van der Waals surface area (Å²) in [5, 5.41) is 14.1. The van der Waals surface area contributed by atoms with Crippen LogP contribution >= 0.6 is 11.6 Å². The highest BCUT2D eigenvalue weighted by molar-refractivity contribution is 6.30. The molecular weight excluding hydrogens is 326 g/mol. The molecule has 0 aliphatic carbocycles. The third-order valence-electron chi connectivity index (χ3n) is 4.19. The molecule has 0 aliphatic rings. The van der Waals surface area contributed by atoms with E-state index in [1.165, 1.54) is 0 Å². The van der Waals surface area contributed by atoms with Gasteiger partial charge in [-0.05, 0) is 38.0 Å². The minimum Gasteiger partial charge on any atom is -0.396 e. The van der Waals surface area contributed by atoms with Gasteiger partial charge in [0.1, 0.15) is 0 Å². The summed E-state index contributed by atoms with van der Waals surface area (Å²) in [5.74, 6) is 0.0302. The van der Waals surface area contributed by atoms with Crippen LogP contribution in [-0.2, 0) is 24.8 Å². The fraction of sp³-hybridized carbons (Fsp3) is 0.444. The summed E-state index contributed by atoms with van der Waals surface area (Å²) in [5.41, 5.74) is 3.84. The highest BCUT2D eigenvalue weighted by Gasteiger charge is 2.19. The topological polar surface area (TPSA) is 58.4 Å². The molecule has 0 saturated heterocycles. The Morgan fingerprint density at radius 3 is 2.71 bits per heavy atom. The number of benzene rings is 1. The van der Waals surface area contributed by atoms with Gasteiger partial charge in [-0.3, -0.25) is 9.48 Å². The van der Waals surface area contributed by atoms with Crippen LogP contribution in [0.2, 0.25) is 5.02 Å². The molecule has 0 spiro atoms. The van der Waals surface area contributed by atoms with Gasteiger partial charge in [0.15, 0.2) is 0 Å². The standard InChI is InChI=1S/C18H24ClN3O2/c1-13-17(14(2)21(3)20-13)11-18(24)22(8-5-9-23)12-15-6-4-7-16(19)10-15/h4,6-7,10,23H,5,8-9,11-12H2,1-3H3. The number of nitrogens with zero attached hydrogens (tertiary/aromatic N) is 3. The number of carbonyl (C=O) groups excluding carboxylic acids is 1. The Balaban J connectivity index is 2.15. The fourth-order valence-corrected chi connectivity index (χ4v) is 2.96. The zero-order valence-electron chi connectivity index (χ0n) is 14.4. The monoisotopic (exact) mass is 349 g/mol. The Hall–Kier alpha value is -1.85. The minimum absolute atomic E-state index is 0.0302. The number of hydrogen-bond donors (Lipinski definition) is 1. The van der Waals surface area contributed by atoms with Crippen molar-refractivity contribution >= 4 is 17.5 Å². The molecule has 0 radical (unpaired) electrons. The second kappa shape index (κ2) is 8.31. The molecule has 0 aliphatic heterocycles. The molecule has 5 nitrogen and oxygen atoms in total. The fourth-order valence-electron chi connectivity index (χ4n) is 2.75. The molecule has 1 N–H and O–H groups in total. The van der Waals surface area contributed by atoms with Gasteiger partial charge in [-0.1, -0.05) is 23.7 Å². The first-order valence-electron chi connectivity index (χ1n) is 8.04. The summed E-state index contributed by atoms with van der Waals surface area (Å²) in [6.45, 7) is 4.95. The maximum absolute atomic E-state index is 12.8. The van der Waals surface area contributed by atoms with Crippen molar-refractivity contribution < 1.29 is 9.90 Å². The second-order valence-corrected chi connectivity index (χ2v) is 6.41. The van der Waals surface area contributed by atoms with Crippen molar-refractivity contribution in [3.05, 3.63) is 51.8 Å². The maximum Gasteiger partial charge on any atom is 0.227 e. The summed E-state index contributed by atoms with van der Waals surface area (Å²) in [7, 11) is 1.88. The van der Waals surface area contributed by atoms with E-state index in [-0.39, 0.29) is 12.5 Å². The molecule has 0 unspecified atom stereocenters. The lowest BCUT2D eigenvalue weighted by molar-refractivity contribution is -0.131. The van der Waals surface area contributed by atoms with Gasteiger partial charge in [0.05, 0.1) is 12.1 Å². The molecule has 0 bridgehead atoms. The van der Waals surface area contributed by atoms with Crippen LogP contribution in [0, 0.1) is 13.8 Å². The van der Waals surface area contributed by atoms with Crippen LogP contribution in [0.5, 0.6) is 0 Å². The Kier molecular flexibility index (Phi) is 6.40. The molecule has 130 valence electrons. The van der Waals surface area contributed by atoms with Crippen LogP contribution in [0.3, 0.4) is 0 Å². The van der Waals surface area contributed by atoms with Crippen molar-refractivity contribution in [1.29, 1.82) is 0 Å². The van der Waals surface area contributed by atoms with Gasteiger partial charge in [-0.15, -0.1) is 0 Å². The van der Waals surface area contributed by atoms with Crippen molar-refractivity contribution in [3.63, 3.8) is 0 Å². The van der Waals surface area contributed by atoms with E-state index in [2.05, 4.69) is 5.10 Å². The third-order valence-corrected chi connectivity index (χ3v) is 4.42. The summed E-state index contributed by atoms with van der Waals surface area (Å²) < 4.78 is 1.80. The lowest BCUT2D eigenvalue weighted by Crippen LogP contribution is -2.33. The van der Waals surface area contributed by atoms with E-state index < -0.39 is 0 Å². The van der Waals surface area contributed by atoms with Crippen LogP contribution in [-0.4, -0.2) is 38.8 Å². The second-order valence-electron chi connectivity index (χ2n) is 5.97. The number of rotatable bonds is 7. The lowest BCUT2D eigenvalue weighted by atomic mass is 10.1. The van der Waals surface area contributed by atoms with E-state index in [9.17, 15) is 4.79 Å². The number of aliphatic hydroxyl groups excluding tert-OH is 1. The van der Waals surface area contributed by atoms with Crippen molar-refractivity contribution in [2.24, 2.45) is 7.05 Å². The van der Waals surface area contributed by atoms with Gasteiger partial charge in [-0.2, -0.15) is 5.10 Å². The maximum atomic E-state index is 12.8. The third kappa shape index (κ3) is 4.58. The van der Waals surface area contributed by atoms with E-state index in [1.54, 1.807) is 9.58 Å². The molecule has 1 amide bonds. The molecule has 0 fully saturated rings. The van der Waals surface area contributed by atoms with E-state index in [0.717, 1.165) is 22.5 Å². The van der Waals surface area contributed by atoms with E-state index in [4.69, 9.17) is 16.7 Å². The van der Waals surface area contributed by atoms with Gasteiger partial charge < -0.3 is 10.0 Å².